The molecule has 0 aliphatic carbocycles. The molecular weight excluding hydrogens is 368 g/mol. The van der Waals surface area contributed by atoms with Gasteiger partial charge < -0.3 is 5.32 Å². The number of benzene rings is 2. The fraction of sp³-hybridized carbons (Fsp3) is 0.0500. The zero-order valence-electron chi connectivity index (χ0n) is 13.7. The Bertz CT molecular complexity index is 918. The predicted molar refractivity (Wildman–Crippen MR) is 105 cm³/mol. The van der Waals surface area contributed by atoms with Gasteiger partial charge in [0.1, 0.15) is 10.2 Å². The van der Waals surface area contributed by atoms with Crippen LogP contribution in [0.25, 0.3) is 0 Å². The Morgan fingerprint density at radius 3 is 2.15 bits per heavy atom. The number of ketones is 1. The molecular formula is C20H15ClN2O2S. The predicted octanol–water partition coefficient (Wildman–Crippen LogP) is 4.96. The van der Waals surface area contributed by atoms with Crippen LogP contribution in [0.2, 0.25) is 5.15 Å². The zero-order valence-corrected chi connectivity index (χ0v) is 15.3. The summed E-state index contributed by atoms with van der Waals surface area (Å²) in [6.45, 7) is 0. The minimum atomic E-state index is -0.244. The molecule has 1 N–H and O–H groups in total. The van der Waals surface area contributed by atoms with Crippen LogP contribution in [0.15, 0.2) is 77.8 Å². The molecule has 3 rings (SSSR count). The molecule has 4 nitrogen and oxygen atoms in total. The normalized spacial score (nSPS) is 10.3. The lowest BCUT2D eigenvalue weighted by molar-refractivity contribution is 0.101. The first kappa shape index (κ1) is 18.2. The fourth-order valence-corrected chi connectivity index (χ4v) is 3.32. The van der Waals surface area contributed by atoms with Gasteiger partial charge >= 0.3 is 0 Å². The first-order valence-electron chi connectivity index (χ1n) is 7.87. The second-order valence-electron chi connectivity index (χ2n) is 5.38. The van der Waals surface area contributed by atoms with Gasteiger partial charge in [0, 0.05) is 11.1 Å². The maximum atomic E-state index is 12.4. The highest BCUT2D eigenvalue weighted by molar-refractivity contribution is 8.00. The lowest BCUT2D eigenvalue weighted by Gasteiger charge is -2.10. The van der Waals surface area contributed by atoms with Gasteiger partial charge in [-0.25, -0.2) is 4.98 Å². The molecule has 6 heteroatoms. The van der Waals surface area contributed by atoms with Gasteiger partial charge in [-0.05, 0) is 24.3 Å². The van der Waals surface area contributed by atoms with Gasteiger partial charge in [0.15, 0.2) is 5.78 Å². The number of carbonyl (C=O) groups excluding carboxylic acids is 2. The topological polar surface area (TPSA) is 59.1 Å². The molecule has 3 aromatic rings. The molecule has 0 aliphatic rings. The van der Waals surface area contributed by atoms with Crippen molar-refractivity contribution in [2.24, 2.45) is 0 Å². The van der Waals surface area contributed by atoms with Crippen LogP contribution in [-0.4, -0.2) is 22.4 Å². The minimum Gasteiger partial charge on any atom is -0.320 e. The van der Waals surface area contributed by atoms with Gasteiger partial charge in [0.25, 0.3) is 5.91 Å². The van der Waals surface area contributed by atoms with Crippen LogP contribution >= 0.6 is 23.4 Å². The Morgan fingerprint density at radius 2 is 1.50 bits per heavy atom. The van der Waals surface area contributed by atoms with Crippen molar-refractivity contribution < 1.29 is 9.59 Å². The van der Waals surface area contributed by atoms with Crippen molar-refractivity contribution in [1.82, 2.24) is 4.98 Å². The summed E-state index contributed by atoms with van der Waals surface area (Å²) in [5.41, 5.74) is 1.70. The molecule has 0 bridgehead atoms. The summed E-state index contributed by atoms with van der Waals surface area (Å²) in [5, 5.41) is 3.63. The number of thioether (sulfide) groups is 1. The number of rotatable bonds is 6. The molecule has 2 aromatic carbocycles. The number of hydrogen-bond donors (Lipinski definition) is 1. The van der Waals surface area contributed by atoms with Crippen molar-refractivity contribution in [3.63, 3.8) is 0 Å². The first-order valence-corrected chi connectivity index (χ1v) is 9.24. The number of nitrogens with one attached hydrogen (secondary N) is 1. The Morgan fingerprint density at radius 1 is 0.885 bits per heavy atom. The minimum absolute atomic E-state index is 0.0160. The largest absolute Gasteiger partial charge is 0.320 e. The summed E-state index contributed by atoms with van der Waals surface area (Å²) in [5.74, 6) is -0.0605. The van der Waals surface area contributed by atoms with E-state index in [1.165, 1.54) is 11.8 Å². The van der Waals surface area contributed by atoms with Crippen molar-refractivity contribution in [3.8, 4) is 0 Å². The number of aromatic nitrogens is 1. The third-order valence-corrected chi connectivity index (χ3v) is 4.75. The van der Waals surface area contributed by atoms with E-state index in [9.17, 15) is 9.59 Å². The van der Waals surface area contributed by atoms with Gasteiger partial charge in [-0.3, -0.25) is 9.59 Å². The Kier molecular flexibility index (Phi) is 6.04. The van der Waals surface area contributed by atoms with E-state index >= 15 is 0 Å². The molecule has 1 aromatic heterocycles. The van der Waals surface area contributed by atoms with Crippen LogP contribution in [0.3, 0.4) is 0 Å². The monoisotopic (exact) mass is 382 g/mol. The maximum absolute atomic E-state index is 12.4. The molecule has 130 valence electrons. The number of Topliss-reactive ketones (excluding diaryl/α,β-unsaturated/α-hetero) is 1. The summed E-state index contributed by atoms with van der Waals surface area (Å²) in [4.78, 5) is 28.9. The smallest absolute Gasteiger partial charge is 0.255 e. The molecule has 0 unspecified atom stereocenters. The number of halogens is 1. The Hall–Kier alpha value is -2.63. The van der Waals surface area contributed by atoms with Gasteiger partial charge in [-0.1, -0.05) is 71.9 Å². The highest BCUT2D eigenvalue weighted by Gasteiger charge is 2.13. The quantitative estimate of drug-likeness (QED) is 0.372. The van der Waals surface area contributed by atoms with Crippen LogP contribution in [0.1, 0.15) is 20.7 Å². The number of carbonyl (C=O) groups is 2. The van der Waals surface area contributed by atoms with Crippen molar-refractivity contribution >= 4 is 40.7 Å². The van der Waals surface area contributed by atoms with Crippen LogP contribution in [-0.2, 0) is 0 Å². The second-order valence-corrected chi connectivity index (χ2v) is 6.74. The first-order chi connectivity index (χ1) is 12.6. The molecule has 0 spiro atoms. The summed E-state index contributed by atoms with van der Waals surface area (Å²) in [6, 6.07) is 21.2. The van der Waals surface area contributed by atoms with Crippen LogP contribution in [0, 0.1) is 0 Å². The lowest BCUT2D eigenvalue weighted by atomic mass is 10.2. The number of nitrogens with zero attached hydrogens (tertiary/aromatic N) is 1. The van der Waals surface area contributed by atoms with Crippen molar-refractivity contribution in [1.29, 1.82) is 0 Å². The van der Waals surface area contributed by atoms with Crippen molar-refractivity contribution in [2.45, 2.75) is 5.03 Å². The van der Waals surface area contributed by atoms with Gasteiger partial charge in [0.2, 0.25) is 0 Å². The van der Waals surface area contributed by atoms with E-state index in [1.807, 2.05) is 24.3 Å². The fourth-order valence-electron chi connectivity index (χ4n) is 2.25. The van der Waals surface area contributed by atoms with E-state index in [4.69, 9.17) is 11.6 Å². The maximum Gasteiger partial charge on any atom is 0.255 e. The summed E-state index contributed by atoms with van der Waals surface area (Å²) in [6.07, 6.45) is 0. The van der Waals surface area contributed by atoms with E-state index in [0.29, 0.717) is 27.0 Å². The van der Waals surface area contributed by atoms with Crippen molar-refractivity contribution in [3.05, 3.63) is 89.1 Å². The van der Waals surface area contributed by atoms with E-state index < -0.39 is 0 Å². The molecule has 1 amide bonds. The Labute approximate surface area is 160 Å². The van der Waals surface area contributed by atoms with E-state index in [1.54, 1.807) is 48.5 Å². The summed E-state index contributed by atoms with van der Waals surface area (Å²) in [7, 11) is 0. The number of anilines is 1. The molecule has 0 aliphatic heterocycles. The van der Waals surface area contributed by atoms with Crippen LogP contribution in [0.5, 0.6) is 0 Å². The molecule has 1 heterocycles. The average Bonchev–Trinajstić information content (AvgIpc) is 2.69. The highest BCUT2D eigenvalue weighted by Crippen LogP contribution is 2.28. The SMILES string of the molecule is O=C(CSc1nc(Cl)ccc1NC(=O)c1ccccc1)c1ccccc1. The highest BCUT2D eigenvalue weighted by atomic mass is 35.5. The van der Waals surface area contributed by atoms with Crippen LogP contribution in [0.4, 0.5) is 5.69 Å². The molecule has 0 fully saturated rings. The molecule has 0 saturated carbocycles. The third-order valence-electron chi connectivity index (χ3n) is 3.55. The van der Waals surface area contributed by atoms with Gasteiger partial charge in [0.05, 0.1) is 11.4 Å². The van der Waals surface area contributed by atoms with E-state index in [-0.39, 0.29) is 17.4 Å². The van der Waals surface area contributed by atoms with E-state index in [2.05, 4.69) is 10.3 Å². The van der Waals surface area contributed by atoms with E-state index in [0.717, 1.165) is 0 Å². The number of hydrogen-bond acceptors (Lipinski definition) is 4. The van der Waals surface area contributed by atoms with Crippen LogP contribution < -0.4 is 5.32 Å². The lowest BCUT2D eigenvalue weighted by Crippen LogP contribution is -2.13. The molecule has 0 atom stereocenters. The number of amides is 1. The second kappa shape index (κ2) is 8.65. The summed E-state index contributed by atoms with van der Waals surface area (Å²) >= 11 is 7.22. The van der Waals surface area contributed by atoms with Crippen molar-refractivity contribution in [2.75, 3.05) is 11.1 Å². The Balaban J connectivity index is 1.74. The van der Waals surface area contributed by atoms with Gasteiger partial charge in [-0.15, -0.1) is 0 Å². The average molecular weight is 383 g/mol. The molecule has 0 radical (unpaired) electrons. The van der Waals surface area contributed by atoms with Gasteiger partial charge in [-0.2, -0.15) is 0 Å². The molecule has 26 heavy (non-hydrogen) atoms. The standard InChI is InChI=1S/C20H15ClN2O2S/c21-18-12-11-16(22-19(25)15-9-5-2-6-10-15)20(23-18)26-13-17(24)14-7-3-1-4-8-14/h1-12H,13H2,(H,22,25). The summed E-state index contributed by atoms with van der Waals surface area (Å²) < 4.78 is 0. The third kappa shape index (κ3) is 4.71. The number of pyridine rings is 1. The zero-order chi connectivity index (χ0) is 18.4. The molecule has 0 saturated heterocycles.